The fourth-order valence-electron chi connectivity index (χ4n) is 3.55. The molecular weight excluding hydrogens is 465 g/mol. The lowest BCUT2D eigenvalue weighted by Crippen LogP contribution is -2.23. The van der Waals surface area contributed by atoms with Crippen LogP contribution in [0.2, 0.25) is 0 Å². The third-order valence-corrected chi connectivity index (χ3v) is 8.72. The lowest BCUT2D eigenvalue weighted by Gasteiger charge is -2.24. The summed E-state index contributed by atoms with van der Waals surface area (Å²) in [4.78, 5) is 29.7. The summed E-state index contributed by atoms with van der Waals surface area (Å²) in [5.74, 6) is -0.212. The summed E-state index contributed by atoms with van der Waals surface area (Å²) in [7, 11) is -10.1. The van der Waals surface area contributed by atoms with Gasteiger partial charge in [0, 0.05) is 16.8 Å². The molecule has 0 aliphatic heterocycles. The van der Waals surface area contributed by atoms with Crippen LogP contribution in [0.25, 0.3) is 0 Å². The topological polar surface area (TPSA) is 141 Å². The van der Waals surface area contributed by atoms with E-state index in [4.69, 9.17) is 0 Å². The summed E-state index contributed by atoms with van der Waals surface area (Å²) in [6, 6.07) is 23.8. The molecule has 3 aromatic rings. The Kier molecular flexibility index (Phi) is 7.84. The van der Waals surface area contributed by atoms with Gasteiger partial charge in [-0.1, -0.05) is 72.8 Å². The third-order valence-electron chi connectivity index (χ3n) is 5.16. The number of anilines is 1. The van der Waals surface area contributed by atoms with E-state index in [2.05, 4.69) is 5.32 Å². The minimum atomic E-state index is -5.11. The quantitative estimate of drug-likeness (QED) is 0.188. The molecule has 0 aliphatic rings. The molecule has 8 nitrogen and oxygen atoms in total. The lowest BCUT2D eigenvalue weighted by molar-refractivity contribution is 0.103. The highest BCUT2D eigenvalue weighted by Gasteiger charge is 2.39. The molecule has 0 saturated heterocycles. The van der Waals surface area contributed by atoms with Crippen molar-refractivity contribution >= 4 is 29.2 Å². The standard InChI is InChI=1S/C23H24NO7PS/c25-23(18-11-5-2-6-12-18)19-13-7-8-14-21(19)24-20(17-9-3-1-4-10-17)15-16-22(32(26,27)28)33(29,30)31/h1-14,20,22,24H,15-16H2,(H2,26,27,28)(H,29,30,31). The Morgan fingerprint density at radius 2 is 1.39 bits per heavy atom. The Morgan fingerprint density at radius 3 is 1.97 bits per heavy atom. The summed E-state index contributed by atoms with van der Waals surface area (Å²) < 4.78 is 44.2. The molecule has 2 atom stereocenters. The molecule has 3 aromatic carbocycles. The number of carbonyl (C=O) groups excluding carboxylic acids is 1. The smallest absolute Gasteiger partial charge is 0.346 e. The van der Waals surface area contributed by atoms with Gasteiger partial charge in [-0.25, -0.2) is 0 Å². The highest BCUT2D eigenvalue weighted by molar-refractivity contribution is 7.93. The zero-order valence-electron chi connectivity index (χ0n) is 17.5. The van der Waals surface area contributed by atoms with Gasteiger partial charge in [-0.2, -0.15) is 8.42 Å². The van der Waals surface area contributed by atoms with Crippen LogP contribution in [0.4, 0.5) is 5.69 Å². The lowest BCUT2D eigenvalue weighted by atomic mass is 9.98. The van der Waals surface area contributed by atoms with Crippen molar-refractivity contribution in [1.29, 1.82) is 0 Å². The van der Waals surface area contributed by atoms with Crippen molar-refractivity contribution in [1.82, 2.24) is 0 Å². The Balaban J connectivity index is 1.93. The van der Waals surface area contributed by atoms with E-state index in [1.165, 1.54) is 0 Å². The zero-order valence-corrected chi connectivity index (χ0v) is 19.2. The largest absolute Gasteiger partial charge is 0.378 e. The van der Waals surface area contributed by atoms with E-state index < -0.39 is 35.2 Å². The predicted octanol–water partition coefficient (Wildman–Crippen LogP) is 4.24. The van der Waals surface area contributed by atoms with Crippen LogP contribution in [0.1, 0.15) is 40.4 Å². The minimum absolute atomic E-state index is 0.0343. The van der Waals surface area contributed by atoms with Gasteiger partial charge in [-0.05, 0) is 30.5 Å². The molecule has 0 aromatic heterocycles. The van der Waals surface area contributed by atoms with Crippen molar-refractivity contribution in [3.05, 3.63) is 102 Å². The minimum Gasteiger partial charge on any atom is -0.378 e. The molecule has 0 bridgehead atoms. The third kappa shape index (κ3) is 6.60. The Morgan fingerprint density at radius 1 is 0.848 bits per heavy atom. The zero-order chi connectivity index (χ0) is 24.1. The molecule has 0 radical (unpaired) electrons. The van der Waals surface area contributed by atoms with E-state index in [1.54, 1.807) is 84.9 Å². The van der Waals surface area contributed by atoms with Gasteiger partial charge in [0.1, 0.15) is 0 Å². The van der Waals surface area contributed by atoms with E-state index >= 15 is 0 Å². The summed E-state index contributed by atoms with van der Waals surface area (Å²) in [5.41, 5.74) is 2.10. The maximum absolute atomic E-state index is 13.1. The average Bonchev–Trinajstić information content (AvgIpc) is 2.78. The Bertz CT molecular complexity index is 1240. The Hall–Kier alpha value is -2.81. The maximum Gasteiger partial charge on any atom is 0.346 e. The van der Waals surface area contributed by atoms with Gasteiger partial charge in [0.2, 0.25) is 0 Å². The van der Waals surface area contributed by atoms with E-state index in [0.717, 1.165) is 5.56 Å². The van der Waals surface area contributed by atoms with Crippen molar-refractivity contribution < 1.29 is 32.1 Å². The SMILES string of the molecule is O=C(c1ccccc1)c1ccccc1NC(CCC(P(=O)(O)O)S(=O)(=O)O)c1ccccc1. The maximum atomic E-state index is 13.1. The average molecular weight is 489 g/mol. The first kappa shape index (κ1) is 24.8. The molecule has 33 heavy (non-hydrogen) atoms. The molecular formula is C23H24NO7PS. The molecule has 4 N–H and O–H groups in total. The van der Waals surface area contributed by atoms with E-state index in [9.17, 15) is 32.1 Å². The molecule has 0 saturated carbocycles. The van der Waals surface area contributed by atoms with Gasteiger partial charge in [-0.15, -0.1) is 0 Å². The predicted molar refractivity (Wildman–Crippen MR) is 126 cm³/mol. The van der Waals surface area contributed by atoms with Crippen LogP contribution in [-0.4, -0.2) is 33.5 Å². The first-order valence-corrected chi connectivity index (χ1v) is 13.3. The number of carbonyl (C=O) groups is 1. The molecule has 0 heterocycles. The van der Waals surface area contributed by atoms with E-state index in [1.807, 2.05) is 0 Å². The van der Waals surface area contributed by atoms with Crippen LogP contribution in [0.5, 0.6) is 0 Å². The summed E-state index contributed by atoms with van der Waals surface area (Å²) in [6.45, 7) is 0. The number of benzene rings is 3. The fraction of sp³-hybridized carbons (Fsp3) is 0.174. The molecule has 174 valence electrons. The highest BCUT2D eigenvalue weighted by atomic mass is 32.2. The fourth-order valence-corrected chi connectivity index (χ4v) is 5.85. The van der Waals surface area contributed by atoms with Crippen LogP contribution in [-0.2, 0) is 14.7 Å². The molecule has 2 unspecified atom stereocenters. The van der Waals surface area contributed by atoms with E-state index in [-0.39, 0.29) is 12.2 Å². The van der Waals surface area contributed by atoms with Crippen LogP contribution >= 0.6 is 7.60 Å². The van der Waals surface area contributed by atoms with Crippen LogP contribution in [0.15, 0.2) is 84.9 Å². The van der Waals surface area contributed by atoms with E-state index in [0.29, 0.717) is 16.8 Å². The second-order valence-electron chi connectivity index (χ2n) is 7.48. The number of nitrogens with one attached hydrogen (secondary N) is 1. The number of rotatable bonds is 10. The number of hydrogen-bond acceptors (Lipinski definition) is 5. The van der Waals surface area contributed by atoms with Gasteiger partial charge in [0.15, 0.2) is 10.8 Å². The van der Waals surface area contributed by atoms with Gasteiger partial charge < -0.3 is 15.1 Å². The molecule has 0 spiro atoms. The summed E-state index contributed by atoms with van der Waals surface area (Å²) in [5, 5.41) is 3.22. The molecule has 10 heteroatoms. The molecule has 3 rings (SSSR count). The molecule has 0 amide bonds. The molecule has 0 fully saturated rings. The van der Waals surface area contributed by atoms with Crippen molar-refractivity contribution in [3.8, 4) is 0 Å². The van der Waals surface area contributed by atoms with Crippen molar-refractivity contribution in [2.24, 2.45) is 0 Å². The molecule has 0 aliphatic carbocycles. The van der Waals surface area contributed by atoms with Crippen LogP contribution in [0, 0.1) is 0 Å². The van der Waals surface area contributed by atoms with Gasteiger partial charge in [0.05, 0.1) is 6.04 Å². The Labute approximate surface area is 192 Å². The second kappa shape index (κ2) is 10.4. The van der Waals surface area contributed by atoms with Crippen LogP contribution in [0.3, 0.4) is 0 Å². The van der Waals surface area contributed by atoms with Gasteiger partial charge >= 0.3 is 7.60 Å². The van der Waals surface area contributed by atoms with Crippen molar-refractivity contribution in [3.63, 3.8) is 0 Å². The summed E-state index contributed by atoms with van der Waals surface area (Å²) >= 11 is 0. The number of ketones is 1. The highest BCUT2D eigenvalue weighted by Crippen LogP contribution is 2.47. The number of para-hydroxylation sites is 1. The summed E-state index contributed by atoms with van der Waals surface area (Å²) in [6.07, 6.45) is -0.530. The van der Waals surface area contributed by atoms with Gasteiger partial charge in [-0.3, -0.25) is 13.9 Å². The van der Waals surface area contributed by atoms with Crippen molar-refractivity contribution in [2.75, 3.05) is 5.32 Å². The first-order chi connectivity index (χ1) is 15.6. The monoisotopic (exact) mass is 489 g/mol. The first-order valence-electron chi connectivity index (χ1n) is 10.1. The second-order valence-corrected chi connectivity index (χ2v) is 11.2. The number of hydrogen-bond donors (Lipinski definition) is 4. The van der Waals surface area contributed by atoms with Gasteiger partial charge in [0.25, 0.3) is 10.1 Å². The van der Waals surface area contributed by atoms with Crippen LogP contribution < -0.4 is 5.32 Å². The van der Waals surface area contributed by atoms with Crippen molar-refractivity contribution in [2.45, 2.75) is 23.9 Å². The normalized spacial score (nSPS) is 13.8.